The lowest BCUT2D eigenvalue weighted by Gasteiger charge is -2.01. The second-order valence-electron chi connectivity index (χ2n) is 3.72. The topological polar surface area (TPSA) is 32.8 Å². The molecule has 0 unspecified atom stereocenters. The van der Waals surface area contributed by atoms with E-state index in [4.69, 9.17) is 9.84 Å². The molecule has 1 heterocycles. The molecule has 0 bridgehead atoms. The molecule has 11 heavy (non-hydrogen) atoms. The molecule has 0 amide bonds. The van der Waals surface area contributed by atoms with Crippen LogP contribution in [0.3, 0.4) is 0 Å². The predicted molar refractivity (Wildman–Crippen MR) is 44.4 cm³/mol. The van der Waals surface area contributed by atoms with Gasteiger partial charge < -0.3 is 9.84 Å². The summed E-state index contributed by atoms with van der Waals surface area (Å²) in [7, 11) is 0. The van der Waals surface area contributed by atoms with Crippen LogP contribution in [0.2, 0.25) is 0 Å². The first kappa shape index (κ1) is 9.01. The van der Waals surface area contributed by atoms with Crippen LogP contribution in [0.15, 0.2) is 0 Å². The third-order valence-electron chi connectivity index (χ3n) is 2.14. The van der Waals surface area contributed by atoms with E-state index >= 15 is 0 Å². The van der Waals surface area contributed by atoms with Gasteiger partial charge in [-0.05, 0) is 12.3 Å². The average Bonchev–Trinajstić information content (AvgIpc) is 2.66. The van der Waals surface area contributed by atoms with E-state index in [0.29, 0.717) is 6.10 Å². The first-order chi connectivity index (χ1) is 5.24. The predicted octanol–water partition coefficient (Wildman–Crippen LogP) is 1.57. The van der Waals surface area contributed by atoms with Crippen molar-refractivity contribution in [3.63, 3.8) is 0 Å². The molecule has 1 N–H and O–H groups in total. The van der Waals surface area contributed by atoms with E-state index in [1.807, 2.05) is 0 Å². The summed E-state index contributed by atoms with van der Waals surface area (Å²) in [4.78, 5) is 0. The van der Waals surface area contributed by atoms with Crippen molar-refractivity contribution in [2.45, 2.75) is 45.3 Å². The molecule has 0 saturated carbocycles. The second-order valence-corrected chi connectivity index (χ2v) is 3.72. The molecule has 0 aromatic heterocycles. The van der Waals surface area contributed by atoms with Gasteiger partial charge in [-0.2, -0.15) is 0 Å². The Bertz CT molecular complexity index is 112. The summed E-state index contributed by atoms with van der Waals surface area (Å²) in [6.07, 6.45) is 4.18. The molecule has 66 valence electrons. The first-order valence-electron chi connectivity index (χ1n) is 4.50. The second kappa shape index (κ2) is 4.07. The fourth-order valence-corrected chi connectivity index (χ4v) is 1.32. The number of aliphatic hydroxyl groups is 1. The van der Waals surface area contributed by atoms with E-state index < -0.39 is 0 Å². The molecule has 0 aromatic rings. The van der Waals surface area contributed by atoms with Gasteiger partial charge in [-0.1, -0.05) is 26.7 Å². The zero-order valence-corrected chi connectivity index (χ0v) is 7.42. The Morgan fingerprint density at radius 3 is 2.55 bits per heavy atom. The van der Waals surface area contributed by atoms with Gasteiger partial charge in [0.25, 0.3) is 0 Å². The molecule has 0 aliphatic carbocycles. The highest BCUT2D eigenvalue weighted by atomic mass is 16.6. The normalized spacial score (nSPS) is 29.5. The van der Waals surface area contributed by atoms with Crippen LogP contribution in [0.4, 0.5) is 0 Å². The Labute approximate surface area is 68.6 Å². The number of hydrogen-bond donors (Lipinski definition) is 1. The number of epoxide rings is 1. The van der Waals surface area contributed by atoms with Crippen molar-refractivity contribution in [3.8, 4) is 0 Å². The van der Waals surface area contributed by atoms with E-state index in [1.54, 1.807) is 0 Å². The van der Waals surface area contributed by atoms with E-state index in [1.165, 1.54) is 12.8 Å². The lowest BCUT2D eigenvalue weighted by Crippen LogP contribution is -1.99. The van der Waals surface area contributed by atoms with Crippen LogP contribution in [-0.2, 0) is 4.74 Å². The van der Waals surface area contributed by atoms with Crippen LogP contribution in [0.5, 0.6) is 0 Å². The fourth-order valence-electron chi connectivity index (χ4n) is 1.32. The van der Waals surface area contributed by atoms with Gasteiger partial charge in [-0.15, -0.1) is 0 Å². The van der Waals surface area contributed by atoms with Crippen LogP contribution >= 0.6 is 0 Å². The summed E-state index contributed by atoms with van der Waals surface area (Å²) in [6, 6.07) is 0. The molecule has 1 fully saturated rings. The molecule has 1 aliphatic heterocycles. The Morgan fingerprint density at radius 2 is 2.09 bits per heavy atom. The summed E-state index contributed by atoms with van der Waals surface area (Å²) >= 11 is 0. The zero-order valence-electron chi connectivity index (χ0n) is 7.42. The van der Waals surface area contributed by atoms with E-state index in [-0.39, 0.29) is 12.7 Å². The molecule has 0 aromatic carbocycles. The van der Waals surface area contributed by atoms with Crippen molar-refractivity contribution >= 4 is 0 Å². The van der Waals surface area contributed by atoms with Crippen LogP contribution in [0.25, 0.3) is 0 Å². The van der Waals surface area contributed by atoms with Gasteiger partial charge in [-0.3, -0.25) is 0 Å². The Morgan fingerprint density at radius 1 is 1.36 bits per heavy atom. The maximum absolute atomic E-state index is 8.66. The summed E-state index contributed by atoms with van der Waals surface area (Å²) in [6.45, 7) is 4.67. The Balaban J connectivity index is 1.90. The molecule has 2 nitrogen and oxygen atoms in total. The van der Waals surface area contributed by atoms with Crippen molar-refractivity contribution in [2.24, 2.45) is 5.92 Å². The lowest BCUT2D eigenvalue weighted by atomic mass is 10.0. The highest BCUT2D eigenvalue weighted by Crippen LogP contribution is 2.26. The van der Waals surface area contributed by atoms with Crippen LogP contribution in [0, 0.1) is 5.92 Å². The third kappa shape index (κ3) is 3.21. The lowest BCUT2D eigenvalue weighted by molar-refractivity contribution is 0.241. The van der Waals surface area contributed by atoms with Crippen molar-refractivity contribution in [3.05, 3.63) is 0 Å². The van der Waals surface area contributed by atoms with Crippen molar-refractivity contribution in [2.75, 3.05) is 6.61 Å². The molecule has 0 spiro atoms. The van der Waals surface area contributed by atoms with Gasteiger partial charge in [-0.25, -0.2) is 0 Å². The Kier molecular flexibility index (Phi) is 3.34. The van der Waals surface area contributed by atoms with Crippen molar-refractivity contribution in [1.82, 2.24) is 0 Å². The maximum Gasteiger partial charge on any atom is 0.107 e. The Hall–Kier alpha value is -0.0800. The first-order valence-corrected chi connectivity index (χ1v) is 4.50. The minimum atomic E-state index is 0.169. The third-order valence-corrected chi connectivity index (χ3v) is 2.14. The molecule has 1 saturated heterocycles. The minimum absolute atomic E-state index is 0.169. The van der Waals surface area contributed by atoms with Gasteiger partial charge in [0.05, 0.1) is 12.7 Å². The summed E-state index contributed by atoms with van der Waals surface area (Å²) < 4.78 is 5.20. The molecular weight excluding hydrogens is 140 g/mol. The monoisotopic (exact) mass is 158 g/mol. The van der Waals surface area contributed by atoms with Gasteiger partial charge >= 0.3 is 0 Å². The number of rotatable bonds is 5. The number of ether oxygens (including phenoxy) is 1. The van der Waals surface area contributed by atoms with Crippen molar-refractivity contribution < 1.29 is 9.84 Å². The summed E-state index contributed by atoms with van der Waals surface area (Å²) in [5.74, 6) is 0.793. The van der Waals surface area contributed by atoms with Gasteiger partial charge in [0.15, 0.2) is 0 Å². The maximum atomic E-state index is 8.66. The quantitative estimate of drug-likeness (QED) is 0.616. The standard InChI is InChI=1S/C9H18O2/c1-7(2)4-3-5-8-9(6-10)11-8/h7-10H,3-6H2,1-2H3/t8-,9-/m1/s1. The molecule has 0 radical (unpaired) electrons. The SMILES string of the molecule is CC(C)CCC[C@H]1O[C@@H]1CO. The summed E-state index contributed by atoms with van der Waals surface area (Å²) in [5.41, 5.74) is 0. The van der Waals surface area contributed by atoms with Crippen LogP contribution in [0.1, 0.15) is 33.1 Å². The van der Waals surface area contributed by atoms with E-state index in [9.17, 15) is 0 Å². The minimum Gasteiger partial charge on any atom is -0.394 e. The zero-order chi connectivity index (χ0) is 8.27. The van der Waals surface area contributed by atoms with Crippen molar-refractivity contribution in [1.29, 1.82) is 0 Å². The molecule has 2 atom stereocenters. The molecule has 1 rings (SSSR count). The van der Waals surface area contributed by atoms with Gasteiger partial charge in [0.2, 0.25) is 0 Å². The molecule has 1 aliphatic rings. The highest BCUT2D eigenvalue weighted by Gasteiger charge is 2.36. The van der Waals surface area contributed by atoms with Gasteiger partial charge in [0, 0.05) is 0 Å². The molecule has 2 heteroatoms. The molecular formula is C9H18O2. The van der Waals surface area contributed by atoms with Crippen LogP contribution in [-0.4, -0.2) is 23.9 Å². The smallest absolute Gasteiger partial charge is 0.107 e. The number of hydrogen-bond acceptors (Lipinski definition) is 2. The largest absolute Gasteiger partial charge is 0.394 e. The summed E-state index contributed by atoms with van der Waals surface area (Å²) in [5, 5.41) is 8.66. The average molecular weight is 158 g/mol. The van der Waals surface area contributed by atoms with Gasteiger partial charge in [0.1, 0.15) is 6.10 Å². The van der Waals surface area contributed by atoms with E-state index in [2.05, 4.69) is 13.8 Å². The van der Waals surface area contributed by atoms with E-state index in [0.717, 1.165) is 12.3 Å². The number of aliphatic hydroxyl groups excluding tert-OH is 1. The highest BCUT2D eigenvalue weighted by molar-refractivity contribution is 4.83. The fraction of sp³-hybridized carbons (Fsp3) is 1.00. The van der Waals surface area contributed by atoms with Crippen LogP contribution < -0.4 is 0 Å².